The van der Waals surface area contributed by atoms with Gasteiger partial charge in [0.15, 0.2) is 6.29 Å². The van der Waals surface area contributed by atoms with Gasteiger partial charge in [-0.1, -0.05) is 60.7 Å². The van der Waals surface area contributed by atoms with Gasteiger partial charge in [0.25, 0.3) is 0 Å². The van der Waals surface area contributed by atoms with Gasteiger partial charge >= 0.3 is 0 Å². The predicted molar refractivity (Wildman–Crippen MR) is 110 cm³/mol. The molecule has 1 saturated heterocycles. The molecule has 154 valence electrons. The van der Waals surface area contributed by atoms with Crippen molar-refractivity contribution in [3.63, 3.8) is 0 Å². The number of likely N-dealkylation sites (N-methyl/N-ethyl adjacent to an activating group) is 1. The van der Waals surface area contributed by atoms with E-state index in [1.165, 1.54) is 0 Å². The van der Waals surface area contributed by atoms with Gasteiger partial charge in [-0.25, -0.2) is 0 Å². The lowest BCUT2D eigenvalue weighted by molar-refractivity contribution is -0.139. The maximum absolute atomic E-state index is 13.0. The van der Waals surface area contributed by atoms with Gasteiger partial charge in [-0.05, 0) is 17.5 Å². The minimum absolute atomic E-state index is 0.134. The van der Waals surface area contributed by atoms with Gasteiger partial charge in [-0.2, -0.15) is 0 Å². The Kier molecular flexibility index (Phi) is 7.78. The number of nitrogens with one attached hydrogen (secondary N) is 1. The Morgan fingerprint density at radius 1 is 1.00 bits per heavy atom. The van der Waals surface area contributed by atoms with Crippen molar-refractivity contribution in [2.75, 3.05) is 26.8 Å². The van der Waals surface area contributed by atoms with E-state index in [0.29, 0.717) is 39.0 Å². The van der Waals surface area contributed by atoms with Gasteiger partial charge < -0.3 is 19.7 Å². The molecule has 0 saturated carbocycles. The fourth-order valence-corrected chi connectivity index (χ4v) is 3.31. The third-order valence-electron chi connectivity index (χ3n) is 4.89. The van der Waals surface area contributed by atoms with Crippen molar-refractivity contribution in [3.8, 4) is 0 Å². The van der Waals surface area contributed by atoms with Crippen molar-refractivity contribution in [3.05, 3.63) is 71.8 Å². The van der Waals surface area contributed by atoms with E-state index in [2.05, 4.69) is 5.32 Å². The van der Waals surface area contributed by atoms with Crippen LogP contribution in [-0.4, -0.2) is 55.9 Å². The SMILES string of the molecule is CN(CC1OCCO1)C(=O)[C@H](Cc1ccccc1)NC(=O)CCc1ccccc1. The average Bonchev–Trinajstić information content (AvgIpc) is 3.26. The summed E-state index contributed by atoms with van der Waals surface area (Å²) in [5, 5.41) is 2.93. The highest BCUT2D eigenvalue weighted by molar-refractivity contribution is 5.87. The lowest BCUT2D eigenvalue weighted by Gasteiger charge is -2.26. The van der Waals surface area contributed by atoms with E-state index in [9.17, 15) is 9.59 Å². The summed E-state index contributed by atoms with van der Waals surface area (Å²) >= 11 is 0. The van der Waals surface area contributed by atoms with Gasteiger partial charge in [-0.3, -0.25) is 9.59 Å². The molecular formula is C23H28N2O4. The molecule has 0 aliphatic carbocycles. The average molecular weight is 396 g/mol. The Hall–Kier alpha value is -2.70. The zero-order chi connectivity index (χ0) is 20.5. The normalized spacial score (nSPS) is 15.1. The zero-order valence-corrected chi connectivity index (χ0v) is 16.8. The van der Waals surface area contributed by atoms with E-state index in [1.807, 2.05) is 60.7 Å². The molecule has 1 N–H and O–H groups in total. The molecule has 1 aliphatic heterocycles. The summed E-state index contributed by atoms with van der Waals surface area (Å²) in [5.41, 5.74) is 2.09. The third-order valence-corrected chi connectivity index (χ3v) is 4.89. The van der Waals surface area contributed by atoms with Crippen molar-refractivity contribution in [2.45, 2.75) is 31.6 Å². The molecule has 1 atom stereocenters. The van der Waals surface area contributed by atoms with Crippen molar-refractivity contribution in [2.24, 2.45) is 0 Å². The lowest BCUT2D eigenvalue weighted by atomic mass is 10.0. The van der Waals surface area contributed by atoms with E-state index in [-0.39, 0.29) is 11.8 Å². The van der Waals surface area contributed by atoms with E-state index in [4.69, 9.17) is 9.47 Å². The first-order valence-corrected chi connectivity index (χ1v) is 9.97. The molecule has 2 amide bonds. The van der Waals surface area contributed by atoms with E-state index >= 15 is 0 Å². The minimum Gasteiger partial charge on any atom is -0.348 e. The second kappa shape index (κ2) is 10.7. The molecule has 3 rings (SSSR count). The number of amides is 2. The number of nitrogens with zero attached hydrogens (tertiary/aromatic N) is 1. The molecule has 0 unspecified atom stereocenters. The predicted octanol–water partition coefficient (Wildman–Crippen LogP) is 2.18. The first-order chi connectivity index (χ1) is 14.1. The van der Waals surface area contributed by atoms with Crippen LogP contribution < -0.4 is 5.32 Å². The van der Waals surface area contributed by atoms with Crippen LogP contribution in [0.5, 0.6) is 0 Å². The second-order valence-corrected chi connectivity index (χ2v) is 7.19. The third kappa shape index (κ3) is 6.69. The Balaban J connectivity index is 1.61. The van der Waals surface area contributed by atoms with Crippen LogP contribution in [0.2, 0.25) is 0 Å². The zero-order valence-electron chi connectivity index (χ0n) is 16.8. The Labute approximate surface area is 171 Å². The van der Waals surface area contributed by atoms with Crippen molar-refractivity contribution in [1.29, 1.82) is 0 Å². The van der Waals surface area contributed by atoms with Gasteiger partial charge in [0.1, 0.15) is 6.04 Å². The molecule has 2 aromatic carbocycles. The van der Waals surface area contributed by atoms with Crippen molar-refractivity contribution >= 4 is 11.8 Å². The van der Waals surface area contributed by atoms with Gasteiger partial charge in [0, 0.05) is 19.9 Å². The number of carbonyl (C=O) groups excluding carboxylic acids is 2. The number of benzene rings is 2. The molecule has 1 fully saturated rings. The summed E-state index contributed by atoms with van der Waals surface area (Å²) < 4.78 is 10.9. The first-order valence-electron chi connectivity index (χ1n) is 9.97. The molecule has 1 heterocycles. The van der Waals surface area contributed by atoms with Crippen LogP contribution in [0.15, 0.2) is 60.7 Å². The number of hydrogen-bond donors (Lipinski definition) is 1. The molecule has 6 heteroatoms. The molecule has 1 aliphatic rings. The molecule has 29 heavy (non-hydrogen) atoms. The van der Waals surface area contributed by atoms with Crippen molar-refractivity contribution < 1.29 is 19.1 Å². The Bertz CT molecular complexity index is 776. The van der Waals surface area contributed by atoms with E-state index in [1.54, 1.807) is 11.9 Å². The molecule has 0 radical (unpaired) electrons. The van der Waals surface area contributed by atoms with Gasteiger partial charge in [0.2, 0.25) is 11.8 Å². The summed E-state index contributed by atoms with van der Waals surface area (Å²) in [6.45, 7) is 1.41. The van der Waals surface area contributed by atoms with Crippen LogP contribution in [0.1, 0.15) is 17.5 Å². The van der Waals surface area contributed by atoms with Crippen molar-refractivity contribution in [1.82, 2.24) is 10.2 Å². The van der Waals surface area contributed by atoms with E-state index < -0.39 is 12.3 Å². The van der Waals surface area contributed by atoms with Crippen LogP contribution >= 0.6 is 0 Å². The monoisotopic (exact) mass is 396 g/mol. The molecule has 0 bridgehead atoms. The molecule has 0 spiro atoms. The Morgan fingerprint density at radius 2 is 1.59 bits per heavy atom. The molecule has 6 nitrogen and oxygen atoms in total. The van der Waals surface area contributed by atoms with Crippen LogP contribution in [0, 0.1) is 0 Å². The molecule has 0 aromatic heterocycles. The highest BCUT2D eigenvalue weighted by Gasteiger charge is 2.27. The Morgan fingerprint density at radius 3 is 2.21 bits per heavy atom. The highest BCUT2D eigenvalue weighted by Crippen LogP contribution is 2.10. The van der Waals surface area contributed by atoms with Crippen LogP contribution in [0.25, 0.3) is 0 Å². The number of ether oxygens (including phenoxy) is 2. The van der Waals surface area contributed by atoms with Crippen LogP contribution in [-0.2, 0) is 31.9 Å². The summed E-state index contributed by atoms with van der Waals surface area (Å²) in [7, 11) is 1.71. The quantitative estimate of drug-likeness (QED) is 0.706. The number of hydrogen-bond acceptors (Lipinski definition) is 4. The standard InChI is InChI=1S/C23H28N2O4/c1-25(17-22-28-14-15-29-22)23(27)20(16-19-10-6-3-7-11-19)24-21(26)13-12-18-8-4-2-5-9-18/h2-11,20,22H,12-17H2,1H3,(H,24,26)/t20-/m0/s1. The summed E-state index contributed by atoms with van der Waals surface area (Å²) in [6.07, 6.45) is 1.00. The topological polar surface area (TPSA) is 67.9 Å². The summed E-state index contributed by atoms with van der Waals surface area (Å²) in [4.78, 5) is 27.2. The number of carbonyl (C=O) groups is 2. The largest absolute Gasteiger partial charge is 0.348 e. The minimum atomic E-state index is -0.632. The summed E-state index contributed by atoms with van der Waals surface area (Å²) in [6, 6.07) is 18.9. The fourth-order valence-electron chi connectivity index (χ4n) is 3.31. The van der Waals surface area contributed by atoms with E-state index in [0.717, 1.165) is 11.1 Å². The van der Waals surface area contributed by atoms with Crippen LogP contribution in [0.3, 0.4) is 0 Å². The smallest absolute Gasteiger partial charge is 0.245 e. The molecule has 2 aromatic rings. The van der Waals surface area contributed by atoms with Gasteiger partial charge in [0.05, 0.1) is 19.8 Å². The van der Waals surface area contributed by atoms with Crippen LogP contribution in [0.4, 0.5) is 0 Å². The summed E-state index contributed by atoms with van der Waals surface area (Å²) in [5.74, 6) is -0.286. The number of rotatable bonds is 9. The highest BCUT2D eigenvalue weighted by atomic mass is 16.7. The lowest BCUT2D eigenvalue weighted by Crippen LogP contribution is -2.50. The number of aryl methyl sites for hydroxylation is 1. The van der Waals surface area contributed by atoms with Gasteiger partial charge in [-0.15, -0.1) is 0 Å². The second-order valence-electron chi connectivity index (χ2n) is 7.19. The maximum Gasteiger partial charge on any atom is 0.245 e. The first kappa shape index (κ1) is 21.0. The maximum atomic E-state index is 13.0. The fraction of sp³-hybridized carbons (Fsp3) is 0.391. The molecular weight excluding hydrogens is 368 g/mol.